The molecule has 0 fully saturated rings. The van der Waals surface area contributed by atoms with Gasteiger partial charge in [0.15, 0.2) is 0 Å². The lowest BCUT2D eigenvalue weighted by molar-refractivity contribution is -0.143. The number of nitriles is 1. The molecule has 0 unspecified atom stereocenters. The Kier molecular flexibility index (Phi) is 8.63. The normalized spacial score (nSPS) is 12.5. The average Bonchev–Trinajstić information content (AvgIpc) is 4.10. The van der Waals surface area contributed by atoms with Gasteiger partial charge in [-0.05, 0) is 90.0 Å². The zero-order valence-electron chi connectivity index (χ0n) is 35.2. The van der Waals surface area contributed by atoms with Crippen LogP contribution >= 0.6 is 22.7 Å². The molecule has 0 atom stereocenters. The van der Waals surface area contributed by atoms with Gasteiger partial charge < -0.3 is 9.13 Å². The van der Waals surface area contributed by atoms with Crippen molar-refractivity contribution in [1.29, 1.82) is 5.26 Å². The van der Waals surface area contributed by atoms with E-state index in [0.717, 1.165) is 96.1 Å². The molecule has 3 nitrogen and oxygen atoms in total. The molecule has 68 heavy (non-hydrogen) atoms. The van der Waals surface area contributed by atoms with Crippen LogP contribution in [0, 0.1) is 11.3 Å². The average molecular weight is 934 g/mol. The monoisotopic (exact) mass is 933 g/mol. The first-order chi connectivity index (χ1) is 32.9. The highest BCUT2D eigenvalue weighted by molar-refractivity contribution is 7.27. The third-order valence-corrected chi connectivity index (χ3v) is 15.6. The number of thiophene rings is 2. The lowest BCUT2D eigenvalue weighted by Crippen LogP contribution is -2.11. The second-order valence-electron chi connectivity index (χ2n) is 16.9. The molecule has 0 saturated carbocycles. The second kappa shape index (κ2) is 14.5. The molecule has 0 aliphatic carbocycles. The highest BCUT2D eigenvalue weighted by atomic mass is 32.1. The van der Waals surface area contributed by atoms with Gasteiger partial charge in [-0.25, -0.2) is 0 Å². The van der Waals surface area contributed by atoms with Gasteiger partial charge in [-0.15, -0.1) is 22.7 Å². The van der Waals surface area contributed by atoms with Gasteiger partial charge in [0.1, 0.15) is 0 Å². The van der Waals surface area contributed by atoms with Crippen LogP contribution in [0.2, 0.25) is 0 Å². The predicted octanol–water partition coefficient (Wildman–Crippen LogP) is 17.9. The molecule has 9 aromatic carbocycles. The van der Waals surface area contributed by atoms with Crippen molar-refractivity contribution in [2.24, 2.45) is 0 Å². The van der Waals surface area contributed by atoms with Crippen LogP contribution in [-0.2, 0) is 12.4 Å². The van der Waals surface area contributed by atoms with Crippen molar-refractivity contribution in [3.63, 3.8) is 0 Å². The first-order valence-electron chi connectivity index (χ1n) is 21.6. The van der Waals surface area contributed by atoms with E-state index in [9.17, 15) is 31.6 Å². The third-order valence-electron chi connectivity index (χ3n) is 13.2. The Balaban J connectivity index is 1.16. The van der Waals surface area contributed by atoms with E-state index < -0.39 is 23.5 Å². The van der Waals surface area contributed by atoms with Gasteiger partial charge in [0.25, 0.3) is 0 Å². The van der Waals surface area contributed by atoms with Crippen molar-refractivity contribution in [2.75, 3.05) is 0 Å². The highest BCUT2D eigenvalue weighted by Gasteiger charge is 2.37. The van der Waals surface area contributed by atoms with Crippen molar-refractivity contribution >= 4 is 107 Å². The van der Waals surface area contributed by atoms with E-state index in [0.29, 0.717) is 28.1 Å². The summed E-state index contributed by atoms with van der Waals surface area (Å²) in [5.74, 6) is 0. The Hall–Kier alpha value is -7.91. The smallest absolute Gasteiger partial charge is 0.309 e. The molecule has 0 radical (unpaired) electrons. The Bertz CT molecular complexity index is 4300. The summed E-state index contributed by atoms with van der Waals surface area (Å²) in [4.78, 5) is 0. The second-order valence-corrected chi connectivity index (χ2v) is 19.0. The summed E-state index contributed by atoms with van der Waals surface area (Å²) in [6.45, 7) is 0. The van der Waals surface area contributed by atoms with Crippen LogP contribution in [0.4, 0.5) is 26.3 Å². The van der Waals surface area contributed by atoms with Gasteiger partial charge in [-0.2, -0.15) is 31.6 Å². The summed E-state index contributed by atoms with van der Waals surface area (Å²) in [6, 6.07) is 55.5. The van der Waals surface area contributed by atoms with Crippen molar-refractivity contribution in [2.45, 2.75) is 12.4 Å². The fraction of sp³-hybridized carbons (Fsp3) is 0.0351. The number of nitrogens with zero attached hydrogens (tertiary/aromatic N) is 3. The molecular weight excluding hydrogens is 905 g/mol. The maximum absolute atomic E-state index is 14.4. The summed E-state index contributed by atoms with van der Waals surface area (Å²) in [6.07, 6.45) is -10.1. The molecule has 0 N–H and O–H groups in total. The van der Waals surface area contributed by atoms with E-state index in [4.69, 9.17) is 0 Å². The summed E-state index contributed by atoms with van der Waals surface area (Å²) in [5.41, 5.74) is 3.32. The molecule has 13 aromatic rings. The Morgan fingerprint density at radius 2 is 0.897 bits per heavy atom. The molecule has 0 bridgehead atoms. The molecule has 0 aliphatic rings. The molecule has 326 valence electrons. The van der Waals surface area contributed by atoms with Crippen molar-refractivity contribution in [3.8, 4) is 39.7 Å². The van der Waals surface area contributed by atoms with E-state index in [2.05, 4.69) is 75.9 Å². The SMILES string of the molecule is N#Cc1ccc(-c2cc(-c3cc(C(F)(F)F)cc(C(F)(F)F)c3)ccc2-n2c3ccccc3c3c4sc5ccccc5c4ccc32)c(-n2c3ccccc3c3c4sc5ccccc5c4ccc32)c1. The maximum Gasteiger partial charge on any atom is 0.416 e. The summed E-state index contributed by atoms with van der Waals surface area (Å²) < 4.78 is 95.2. The van der Waals surface area contributed by atoms with E-state index in [-0.39, 0.29) is 17.2 Å². The number of aromatic nitrogens is 2. The van der Waals surface area contributed by atoms with Crippen LogP contribution in [0.25, 0.3) is 118 Å². The van der Waals surface area contributed by atoms with E-state index in [1.165, 1.54) is 0 Å². The van der Waals surface area contributed by atoms with Gasteiger partial charge in [0.05, 0.1) is 56.2 Å². The minimum Gasteiger partial charge on any atom is -0.309 e. The number of fused-ring (bicyclic) bond motifs is 14. The number of alkyl halides is 6. The molecule has 4 aromatic heterocycles. The predicted molar refractivity (Wildman–Crippen MR) is 266 cm³/mol. The maximum atomic E-state index is 14.4. The summed E-state index contributed by atoms with van der Waals surface area (Å²) in [5, 5.41) is 19.0. The molecule has 0 spiro atoms. The van der Waals surface area contributed by atoms with E-state index in [1.54, 1.807) is 46.9 Å². The zero-order chi connectivity index (χ0) is 46.2. The van der Waals surface area contributed by atoms with Gasteiger partial charge in [0, 0.05) is 73.0 Å². The van der Waals surface area contributed by atoms with Crippen LogP contribution in [0.1, 0.15) is 16.7 Å². The molecule has 0 amide bonds. The largest absolute Gasteiger partial charge is 0.416 e. The van der Waals surface area contributed by atoms with Crippen LogP contribution in [-0.4, -0.2) is 9.13 Å². The molecular formula is C57H29F6N3S2. The number of hydrogen-bond acceptors (Lipinski definition) is 3. The van der Waals surface area contributed by atoms with Gasteiger partial charge >= 0.3 is 12.4 Å². The van der Waals surface area contributed by atoms with Crippen molar-refractivity contribution in [3.05, 3.63) is 193 Å². The quantitative estimate of drug-likeness (QED) is 0.162. The molecule has 4 heterocycles. The van der Waals surface area contributed by atoms with Crippen LogP contribution in [0.3, 0.4) is 0 Å². The number of rotatable bonds is 4. The fourth-order valence-corrected chi connectivity index (χ4v) is 12.8. The lowest BCUT2D eigenvalue weighted by Gasteiger charge is -2.20. The molecule has 11 heteroatoms. The molecule has 13 rings (SSSR count). The first kappa shape index (κ1) is 40.4. The number of hydrogen-bond donors (Lipinski definition) is 0. The Morgan fingerprint density at radius 3 is 1.43 bits per heavy atom. The summed E-state index contributed by atoms with van der Waals surface area (Å²) >= 11 is 3.40. The topological polar surface area (TPSA) is 33.6 Å². The zero-order valence-corrected chi connectivity index (χ0v) is 36.8. The van der Waals surface area contributed by atoms with Crippen LogP contribution < -0.4 is 0 Å². The van der Waals surface area contributed by atoms with Crippen LogP contribution in [0.15, 0.2) is 176 Å². The lowest BCUT2D eigenvalue weighted by atomic mass is 9.93. The summed E-state index contributed by atoms with van der Waals surface area (Å²) in [7, 11) is 0. The highest BCUT2D eigenvalue weighted by Crippen LogP contribution is 2.49. The third kappa shape index (κ3) is 5.97. The fourth-order valence-electron chi connectivity index (χ4n) is 10.3. The van der Waals surface area contributed by atoms with Crippen LogP contribution in [0.5, 0.6) is 0 Å². The van der Waals surface area contributed by atoms with Gasteiger partial charge in [0.2, 0.25) is 0 Å². The minimum absolute atomic E-state index is 0.150. The number of para-hydroxylation sites is 2. The molecule has 0 saturated heterocycles. The molecule has 0 aliphatic heterocycles. The first-order valence-corrected chi connectivity index (χ1v) is 23.2. The van der Waals surface area contributed by atoms with Crippen molar-refractivity contribution in [1.82, 2.24) is 9.13 Å². The van der Waals surface area contributed by atoms with Gasteiger partial charge in [-0.1, -0.05) is 97.1 Å². The van der Waals surface area contributed by atoms with E-state index >= 15 is 0 Å². The van der Waals surface area contributed by atoms with E-state index in [1.807, 2.05) is 72.8 Å². The number of halogens is 6. The number of benzene rings is 9. The van der Waals surface area contributed by atoms with Crippen molar-refractivity contribution < 1.29 is 26.3 Å². The Labute approximate surface area is 390 Å². The Morgan fingerprint density at radius 1 is 0.397 bits per heavy atom. The standard InChI is InChI=1S/C57H29F6N3S2/c58-56(59,60)34-26-33(27-35(29-34)57(61,62)63)32-18-22-46(65-44-13-5-1-11-41(44)52-47(65)23-20-39-37-9-3-7-15-50(37)67-54(39)52)43(28-32)36-19-17-31(30-64)25-49(36)66-45-14-6-2-12-42(45)53-48(66)24-21-40-38-10-4-8-16-51(38)68-55(40)53/h1-29H. The van der Waals surface area contributed by atoms with Gasteiger partial charge in [-0.3, -0.25) is 0 Å². The minimum atomic E-state index is -5.05.